The standard InChI is InChI=1S/C15H22ClNO2/c1-4-6-11(3)17-15(18)14(5-2)19-13-9-7-12(16)8-10-13/h7-11,14H,4-6H2,1-3H3,(H,17,18)/t11-,14+/m1/s1. The molecule has 19 heavy (non-hydrogen) atoms. The number of carbonyl (C=O) groups excluding carboxylic acids is 1. The van der Waals surface area contributed by atoms with Crippen molar-refractivity contribution in [3.05, 3.63) is 29.3 Å². The predicted octanol–water partition coefficient (Wildman–Crippen LogP) is 3.80. The minimum atomic E-state index is -0.458. The van der Waals surface area contributed by atoms with Crippen LogP contribution in [0.4, 0.5) is 0 Å². The third kappa shape index (κ3) is 5.52. The van der Waals surface area contributed by atoms with Crippen LogP contribution in [0, 0.1) is 0 Å². The van der Waals surface area contributed by atoms with Gasteiger partial charge in [-0.05, 0) is 44.0 Å². The molecule has 0 fully saturated rings. The van der Waals surface area contributed by atoms with Crippen LogP contribution >= 0.6 is 11.6 Å². The second-order valence-electron chi connectivity index (χ2n) is 4.67. The zero-order chi connectivity index (χ0) is 14.3. The van der Waals surface area contributed by atoms with Gasteiger partial charge < -0.3 is 10.1 Å². The van der Waals surface area contributed by atoms with E-state index in [0.717, 1.165) is 12.8 Å². The summed E-state index contributed by atoms with van der Waals surface area (Å²) in [6.45, 7) is 6.05. The maximum Gasteiger partial charge on any atom is 0.261 e. The fourth-order valence-electron chi connectivity index (χ4n) is 1.84. The van der Waals surface area contributed by atoms with Gasteiger partial charge in [-0.3, -0.25) is 4.79 Å². The lowest BCUT2D eigenvalue weighted by Crippen LogP contribution is -2.42. The van der Waals surface area contributed by atoms with Crippen molar-refractivity contribution in [3.63, 3.8) is 0 Å². The third-order valence-electron chi connectivity index (χ3n) is 2.87. The first-order valence-electron chi connectivity index (χ1n) is 6.79. The van der Waals surface area contributed by atoms with Crippen molar-refractivity contribution >= 4 is 17.5 Å². The highest BCUT2D eigenvalue weighted by molar-refractivity contribution is 6.30. The highest BCUT2D eigenvalue weighted by Gasteiger charge is 2.19. The van der Waals surface area contributed by atoms with E-state index >= 15 is 0 Å². The Labute approximate surface area is 120 Å². The zero-order valence-corrected chi connectivity index (χ0v) is 12.5. The van der Waals surface area contributed by atoms with Crippen molar-refractivity contribution in [2.24, 2.45) is 0 Å². The summed E-state index contributed by atoms with van der Waals surface area (Å²) in [4.78, 5) is 12.1. The number of amides is 1. The van der Waals surface area contributed by atoms with E-state index in [1.165, 1.54) is 0 Å². The Morgan fingerprint density at radius 2 is 1.95 bits per heavy atom. The molecule has 0 radical (unpaired) electrons. The van der Waals surface area contributed by atoms with Gasteiger partial charge >= 0.3 is 0 Å². The van der Waals surface area contributed by atoms with Crippen LogP contribution in [0.3, 0.4) is 0 Å². The van der Waals surface area contributed by atoms with Gasteiger partial charge in [-0.25, -0.2) is 0 Å². The van der Waals surface area contributed by atoms with Gasteiger partial charge in [-0.15, -0.1) is 0 Å². The van der Waals surface area contributed by atoms with Crippen molar-refractivity contribution in [2.75, 3.05) is 0 Å². The third-order valence-corrected chi connectivity index (χ3v) is 3.12. The van der Waals surface area contributed by atoms with Crippen LogP contribution in [0.15, 0.2) is 24.3 Å². The van der Waals surface area contributed by atoms with Gasteiger partial charge in [0.05, 0.1) is 0 Å². The number of halogens is 1. The molecule has 1 aromatic carbocycles. The largest absolute Gasteiger partial charge is 0.481 e. The minimum absolute atomic E-state index is 0.0570. The second kappa shape index (κ2) is 8.05. The highest BCUT2D eigenvalue weighted by Crippen LogP contribution is 2.17. The molecule has 1 N–H and O–H groups in total. The summed E-state index contributed by atoms with van der Waals surface area (Å²) in [7, 11) is 0. The summed E-state index contributed by atoms with van der Waals surface area (Å²) in [5.74, 6) is 0.605. The molecule has 0 saturated heterocycles. The van der Waals surface area contributed by atoms with Crippen LogP contribution in [-0.2, 0) is 4.79 Å². The Morgan fingerprint density at radius 3 is 2.47 bits per heavy atom. The van der Waals surface area contributed by atoms with Crippen molar-refractivity contribution in [3.8, 4) is 5.75 Å². The number of ether oxygens (including phenoxy) is 1. The quantitative estimate of drug-likeness (QED) is 0.826. The van der Waals surface area contributed by atoms with Gasteiger partial charge in [0, 0.05) is 11.1 Å². The smallest absolute Gasteiger partial charge is 0.261 e. The second-order valence-corrected chi connectivity index (χ2v) is 5.10. The molecule has 106 valence electrons. The Hall–Kier alpha value is -1.22. The molecule has 1 rings (SSSR count). The molecule has 0 spiro atoms. The average Bonchev–Trinajstić information content (AvgIpc) is 2.38. The van der Waals surface area contributed by atoms with Gasteiger partial charge in [0.25, 0.3) is 5.91 Å². The molecule has 1 amide bonds. The zero-order valence-electron chi connectivity index (χ0n) is 11.8. The summed E-state index contributed by atoms with van der Waals surface area (Å²) in [5, 5.41) is 3.63. The number of benzene rings is 1. The molecule has 0 aromatic heterocycles. The van der Waals surface area contributed by atoms with E-state index in [1.54, 1.807) is 24.3 Å². The fourth-order valence-corrected chi connectivity index (χ4v) is 1.97. The predicted molar refractivity (Wildman–Crippen MR) is 78.7 cm³/mol. The number of rotatable bonds is 7. The number of carbonyl (C=O) groups is 1. The van der Waals surface area contributed by atoms with Crippen LogP contribution in [0.1, 0.15) is 40.0 Å². The summed E-state index contributed by atoms with van der Waals surface area (Å²) in [6, 6.07) is 7.23. The summed E-state index contributed by atoms with van der Waals surface area (Å²) in [6.07, 6.45) is 2.20. The van der Waals surface area contributed by atoms with Crippen molar-refractivity contribution in [1.29, 1.82) is 0 Å². The molecule has 0 aliphatic rings. The van der Waals surface area contributed by atoms with Crippen LogP contribution in [0.5, 0.6) is 5.75 Å². The first-order chi connectivity index (χ1) is 9.06. The van der Waals surface area contributed by atoms with Crippen molar-refractivity contribution in [2.45, 2.75) is 52.2 Å². The van der Waals surface area contributed by atoms with E-state index in [2.05, 4.69) is 12.2 Å². The van der Waals surface area contributed by atoms with Crippen LogP contribution in [0.2, 0.25) is 5.02 Å². The van der Waals surface area contributed by atoms with Gasteiger partial charge in [0.2, 0.25) is 0 Å². The highest BCUT2D eigenvalue weighted by atomic mass is 35.5. The topological polar surface area (TPSA) is 38.3 Å². The van der Waals surface area contributed by atoms with E-state index in [-0.39, 0.29) is 11.9 Å². The Bertz CT molecular complexity index is 392. The summed E-state index contributed by atoms with van der Waals surface area (Å²) < 4.78 is 5.69. The van der Waals surface area contributed by atoms with E-state index in [9.17, 15) is 4.79 Å². The molecule has 0 aliphatic heterocycles. The van der Waals surface area contributed by atoms with E-state index in [1.807, 2.05) is 13.8 Å². The summed E-state index contributed by atoms with van der Waals surface area (Å²) >= 11 is 5.81. The lowest BCUT2D eigenvalue weighted by molar-refractivity contribution is -0.128. The monoisotopic (exact) mass is 283 g/mol. The van der Waals surface area contributed by atoms with Gasteiger partial charge in [-0.1, -0.05) is 31.9 Å². The molecule has 3 nitrogen and oxygen atoms in total. The molecular weight excluding hydrogens is 262 g/mol. The Morgan fingerprint density at radius 1 is 1.32 bits per heavy atom. The van der Waals surface area contributed by atoms with Gasteiger partial charge in [-0.2, -0.15) is 0 Å². The molecular formula is C15H22ClNO2. The first-order valence-corrected chi connectivity index (χ1v) is 7.17. The molecule has 4 heteroatoms. The molecule has 0 unspecified atom stereocenters. The maximum absolute atomic E-state index is 12.1. The lowest BCUT2D eigenvalue weighted by atomic mass is 10.1. The minimum Gasteiger partial charge on any atom is -0.481 e. The average molecular weight is 284 g/mol. The SMILES string of the molecule is CCC[C@@H](C)NC(=O)[C@H](CC)Oc1ccc(Cl)cc1. The maximum atomic E-state index is 12.1. The van der Waals surface area contributed by atoms with Crippen LogP contribution in [0.25, 0.3) is 0 Å². The van der Waals surface area contributed by atoms with E-state index in [4.69, 9.17) is 16.3 Å². The van der Waals surface area contributed by atoms with Gasteiger partial charge in [0.15, 0.2) is 6.10 Å². The van der Waals surface area contributed by atoms with Crippen molar-refractivity contribution < 1.29 is 9.53 Å². The first kappa shape index (κ1) is 15.8. The number of hydrogen-bond donors (Lipinski definition) is 1. The summed E-state index contributed by atoms with van der Waals surface area (Å²) in [5.41, 5.74) is 0. The molecule has 0 bridgehead atoms. The number of nitrogens with one attached hydrogen (secondary N) is 1. The van der Waals surface area contributed by atoms with E-state index < -0.39 is 6.10 Å². The Balaban J connectivity index is 2.57. The number of hydrogen-bond acceptors (Lipinski definition) is 2. The van der Waals surface area contributed by atoms with Gasteiger partial charge in [0.1, 0.15) is 5.75 Å². The Kier molecular flexibility index (Phi) is 6.71. The van der Waals surface area contributed by atoms with Crippen molar-refractivity contribution in [1.82, 2.24) is 5.32 Å². The normalized spacial score (nSPS) is 13.7. The fraction of sp³-hybridized carbons (Fsp3) is 0.533. The molecule has 0 heterocycles. The van der Waals surface area contributed by atoms with Crippen LogP contribution in [-0.4, -0.2) is 18.1 Å². The molecule has 2 atom stereocenters. The lowest BCUT2D eigenvalue weighted by Gasteiger charge is -2.20. The van der Waals surface area contributed by atoms with Crippen LogP contribution < -0.4 is 10.1 Å². The molecule has 0 aliphatic carbocycles. The molecule has 1 aromatic rings. The molecule has 0 saturated carbocycles. The van der Waals surface area contributed by atoms with E-state index in [0.29, 0.717) is 17.2 Å².